The van der Waals surface area contributed by atoms with Crippen LogP contribution in [0, 0.1) is 5.92 Å². The van der Waals surface area contributed by atoms with Crippen molar-refractivity contribution in [3.05, 3.63) is 40.6 Å². The predicted molar refractivity (Wildman–Crippen MR) is 147 cm³/mol. The quantitative estimate of drug-likeness (QED) is 0.279. The van der Waals surface area contributed by atoms with Gasteiger partial charge in [-0.3, -0.25) is 4.98 Å². The molecule has 0 aliphatic carbocycles. The minimum absolute atomic E-state index is 0. The Labute approximate surface area is 222 Å². The van der Waals surface area contributed by atoms with Gasteiger partial charge in [0.05, 0.1) is 23.7 Å². The van der Waals surface area contributed by atoms with Gasteiger partial charge in [0.1, 0.15) is 5.75 Å². The van der Waals surface area contributed by atoms with E-state index in [1.165, 1.54) is 19.4 Å². The third kappa shape index (κ3) is 6.48. The van der Waals surface area contributed by atoms with Crippen molar-refractivity contribution in [3.63, 3.8) is 0 Å². The summed E-state index contributed by atoms with van der Waals surface area (Å²) < 4.78 is 8.05. The average Bonchev–Trinajstić information content (AvgIpc) is 3.51. The summed E-state index contributed by atoms with van der Waals surface area (Å²) in [6.07, 6.45) is 7.48. The van der Waals surface area contributed by atoms with E-state index in [0.29, 0.717) is 23.8 Å². The van der Waals surface area contributed by atoms with Crippen LogP contribution in [0.5, 0.6) is 5.75 Å². The lowest BCUT2D eigenvalue weighted by molar-refractivity contribution is 0.152. The van der Waals surface area contributed by atoms with Gasteiger partial charge in [-0.1, -0.05) is 26.7 Å². The number of hydrogen-bond donors (Lipinski definition) is 2. The zero-order valence-corrected chi connectivity index (χ0v) is 22.5. The molecule has 1 fully saturated rings. The van der Waals surface area contributed by atoms with E-state index in [2.05, 4.69) is 53.9 Å². The van der Waals surface area contributed by atoms with E-state index < -0.39 is 0 Å². The fourth-order valence-corrected chi connectivity index (χ4v) is 5.19. The zero-order valence-electron chi connectivity index (χ0n) is 21.7. The first-order chi connectivity index (χ1) is 17.6. The van der Waals surface area contributed by atoms with Crippen LogP contribution < -0.4 is 10.4 Å². The van der Waals surface area contributed by atoms with Gasteiger partial charge in [-0.15, -0.1) is 17.5 Å². The number of fused-ring (bicyclic) bond motifs is 2. The van der Waals surface area contributed by atoms with Crippen molar-refractivity contribution in [2.45, 2.75) is 64.8 Å². The monoisotopic (exact) mass is 528 g/mol. The maximum Gasteiger partial charge on any atom is 0.325 e. The minimum Gasteiger partial charge on any atom is -0.494 e. The second kappa shape index (κ2) is 12.5. The van der Waals surface area contributed by atoms with Crippen molar-refractivity contribution in [2.24, 2.45) is 5.92 Å². The Morgan fingerprint density at radius 1 is 1.11 bits per heavy atom. The first kappa shape index (κ1) is 27.1. The number of ether oxygens (including phenoxy) is 1. The van der Waals surface area contributed by atoms with Crippen molar-refractivity contribution in [3.8, 4) is 5.75 Å². The lowest BCUT2D eigenvalue weighted by atomic mass is 9.99. The first-order valence-corrected chi connectivity index (χ1v) is 13.3. The molecule has 2 N–H and O–H groups in total. The molecule has 0 atom stereocenters. The van der Waals surface area contributed by atoms with E-state index in [0.717, 1.165) is 73.6 Å². The summed E-state index contributed by atoms with van der Waals surface area (Å²) in [4.78, 5) is 24.0. The van der Waals surface area contributed by atoms with Gasteiger partial charge in [0, 0.05) is 31.4 Å². The van der Waals surface area contributed by atoms with Crippen molar-refractivity contribution < 1.29 is 4.74 Å². The van der Waals surface area contributed by atoms with Gasteiger partial charge in [-0.05, 0) is 66.3 Å². The Morgan fingerprint density at radius 3 is 2.70 bits per heavy atom. The topological polar surface area (TPSA) is 118 Å². The van der Waals surface area contributed by atoms with E-state index in [1.807, 2.05) is 24.3 Å². The number of hydrogen-bond acceptors (Lipinski definition) is 7. The largest absolute Gasteiger partial charge is 0.494 e. The number of aryl methyl sites for hydroxylation is 1. The van der Waals surface area contributed by atoms with Crippen LogP contribution in [-0.4, -0.2) is 66.3 Å². The molecule has 0 unspecified atom stereocenters. The molecule has 0 amide bonds. The highest BCUT2D eigenvalue weighted by molar-refractivity contribution is 5.89. The van der Waals surface area contributed by atoms with Gasteiger partial charge in [-0.2, -0.15) is 0 Å². The molecule has 3 aromatic heterocycles. The smallest absolute Gasteiger partial charge is 0.325 e. The number of nitrogens with zero attached hydrogens (tertiary/aromatic N) is 6. The molecule has 1 aromatic carbocycles. The van der Waals surface area contributed by atoms with Crippen molar-refractivity contribution in [1.82, 2.24) is 40.1 Å². The molecule has 0 saturated carbocycles. The number of aromatic nitrogens is 7. The Balaban J connectivity index is 0.00000320. The van der Waals surface area contributed by atoms with Crippen molar-refractivity contribution in [1.29, 1.82) is 0 Å². The molecule has 1 saturated heterocycles. The summed E-state index contributed by atoms with van der Waals surface area (Å²) in [5, 5.41) is 13.6. The van der Waals surface area contributed by atoms with Crippen LogP contribution in [0.4, 0.5) is 0 Å². The van der Waals surface area contributed by atoms with Crippen LogP contribution >= 0.6 is 12.4 Å². The van der Waals surface area contributed by atoms with Crippen LogP contribution in [0.15, 0.2) is 29.1 Å². The number of piperidine rings is 1. The summed E-state index contributed by atoms with van der Waals surface area (Å²) in [5.74, 6) is 2.58. The molecular formula is C26H37ClN8O2. The van der Waals surface area contributed by atoms with Gasteiger partial charge in [0.25, 0.3) is 0 Å². The van der Waals surface area contributed by atoms with E-state index in [9.17, 15) is 4.79 Å². The number of halogens is 1. The van der Waals surface area contributed by atoms with Crippen LogP contribution in [-0.2, 0) is 6.42 Å². The third-order valence-electron chi connectivity index (χ3n) is 7.46. The number of imidazole rings is 1. The number of nitrogens with one attached hydrogen (secondary N) is 2. The van der Waals surface area contributed by atoms with Gasteiger partial charge in [0.2, 0.25) is 0 Å². The van der Waals surface area contributed by atoms with Gasteiger partial charge < -0.3 is 14.6 Å². The molecule has 0 spiro atoms. The zero-order chi connectivity index (χ0) is 24.9. The predicted octanol–water partition coefficient (Wildman–Crippen LogP) is 4.29. The van der Waals surface area contributed by atoms with Crippen LogP contribution in [0.25, 0.3) is 22.1 Å². The molecule has 5 rings (SSSR count). The molecule has 0 radical (unpaired) electrons. The van der Waals surface area contributed by atoms with Gasteiger partial charge in [0.15, 0.2) is 11.5 Å². The lowest BCUT2D eigenvalue weighted by Crippen LogP contribution is -2.38. The summed E-state index contributed by atoms with van der Waals surface area (Å²) in [7, 11) is 0. The fraction of sp³-hybridized carbons (Fsp3) is 0.577. The summed E-state index contributed by atoms with van der Waals surface area (Å²) in [6, 6.07) is 8.11. The SMILES string of the molecule is CCC(CC)CN1CCC(n2nnnc2CCCCOc2ccc3nc4[nH]c(=O)[nH]c4cc3c2)CC1.Cl. The van der Waals surface area contributed by atoms with Crippen LogP contribution in [0.2, 0.25) is 0 Å². The van der Waals surface area contributed by atoms with E-state index in [4.69, 9.17) is 4.74 Å². The molecule has 1 aliphatic heterocycles. The highest BCUT2D eigenvalue weighted by Gasteiger charge is 2.24. The summed E-state index contributed by atoms with van der Waals surface area (Å²) in [6.45, 7) is 8.68. The maximum atomic E-state index is 11.5. The van der Waals surface area contributed by atoms with E-state index >= 15 is 0 Å². The van der Waals surface area contributed by atoms with Crippen molar-refractivity contribution in [2.75, 3.05) is 26.2 Å². The number of likely N-dealkylation sites (tertiary alicyclic amines) is 1. The normalized spacial score (nSPS) is 15.0. The molecule has 200 valence electrons. The lowest BCUT2D eigenvalue weighted by Gasteiger charge is -2.34. The Hall–Kier alpha value is -2.98. The number of benzene rings is 1. The number of tetrazole rings is 1. The Morgan fingerprint density at radius 2 is 1.92 bits per heavy atom. The summed E-state index contributed by atoms with van der Waals surface area (Å²) >= 11 is 0. The molecule has 10 nitrogen and oxygen atoms in total. The Kier molecular flexibility index (Phi) is 9.15. The minimum atomic E-state index is -0.252. The van der Waals surface area contributed by atoms with E-state index in [-0.39, 0.29) is 18.1 Å². The molecule has 4 heterocycles. The highest BCUT2D eigenvalue weighted by Crippen LogP contribution is 2.25. The number of aromatic amines is 2. The molecule has 1 aliphatic rings. The highest BCUT2D eigenvalue weighted by atomic mass is 35.5. The maximum absolute atomic E-state index is 11.5. The standard InChI is InChI=1S/C26H36N8O2.ClH/c1-3-18(4-2)17-33-12-10-20(11-13-33)34-24(30-31-32-34)7-5-6-14-36-21-8-9-22-19(15-21)16-23-25(27-22)29-26(35)28-23;/h8-9,15-16,18,20H,3-7,10-14,17H2,1-2H3,(H2,27,28,29,35);1H. The summed E-state index contributed by atoms with van der Waals surface area (Å²) in [5.41, 5.74) is 1.83. The fourth-order valence-electron chi connectivity index (χ4n) is 5.19. The second-order valence-electron chi connectivity index (χ2n) is 9.88. The molecule has 4 aromatic rings. The molecule has 0 bridgehead atoms. The van der Waals surface area contributed by atoms with Gasteiger partial charge >= 0.3 is 5.69 Å². The first-order valence-electron chi connectivity index (χ1n) is 13.3. The number of unbranched alkanes of at least 4 members (excludes halogenated alkanes) is 1. The van der Waals surface area contributed by atoms with Crippen LogP contribution in [0.3, 0.4) is 0 Å². The number of H-pyrrole nitrogens is 2. The van der Waals surface area contributed by atoms with Crippen molar-refractivity contribution >= 4 is 34.5 Å². The van der Waals surface area contributed by atoms with Crippen LogP contribution in [0.1, 0.15) is 64.2 Å². The molecular weight excluding hydrogens is 492 g/mol. The third-order valence-corrected chi connectivity index (χ3v) is 7.46. The number of pyridine rings is 1. The van der Waals surface area contributed by atoms with E-state index in [1.54, 1.807) is 0 Å². The average molecular weight is 529 g/mol. The number of rotatable bonds is 11. The molecule has 11 heteroatoms. The van der Waals surface area contributed by atoms with Gasteiger partial charge in [-0.25, -0.2) is 14.5 Å². The Bertz CT molecular complexity index is 1340. The molecule has 37 heavy (non-hydrogen) atoms. The second-order valence-corrected chi connectivity index (χ2v) is 9.88.